The zero-order chi connectivity index (χ0) is 18.3. The zero-order valence-electron chi connectivity index (χ0n) is 15.1. The van der Waals surface area contributed by atoms with E-state index >= 15 is 0 Å². The van der Waals surface area contributed by atoms with Crippen molar-refractivity contribution in [2.75, 3.05) is 33.2 Å². The Morgan fingerprint density at radius 2 is 2.04 bits per heavy atom. The van der Waals surface area contributed by atoms with Crippen molar-refractivity contribution in [3.8, 4) is 0 Å². The molecule has 0 bridgehead atoms. The van der Waals surface area contributed by atoms with Gasteiger partial charge in [-0.2, -0.15) is 13.2 Å². The molecule has 2 heterocycles. The smallest absolute Gasteiger partial charge is 0.356 e. The molecule has 1 aliphatic rings. The highest BCUT2D eigenvalue weighted by Crippen LogP contribution is 2.29. The van der Waals surface area contributed by atoms with Gasteiger partial charge in [0.05, 0.1) is 6.54 Å². The number of guanidine groups is 1. The Balaban J connectivity index is 0.00000338. The molecule has 2 N–H and O–H groups in total. The van der Waals surface area contributed by atoms with Gasteiger partial charge in [0.15, 0.2) is 11.7 Å². The van der Waals surface area contributed by atoms with Gasteiger partial charge in [0.1, 0.15) is 5.01 Å². The first-order valence-electron chi connectivity index (χ1n) is 8.60. The highest BCUT2D eigenvalue weighted by Gasteiger charge is 2.33. The first-order chi connectivity index (χ1) is 11.9. The van der Waals surface area contributed by atoms with E-state index in [1.54, 1.807) is 7.05 Å². The van der Waals surface area contributed by atoms with Gasteiger partial charge in [0.2, 0.25) is 0 Å². The molecular formula is C16H27F3IN5S. The summed E-state index contributed by atoms with van der Waals surface area (Å²) in [6.07, 6.45) is -0.864. The zero-order valence-corrected chi connectivity index (χ0v) is 18.3. The molecule has 5 nitrogen and oxygen atoms in total. The average molecular weight is 505 g/mol. The number of piperidine rings is 1. The monoisotopic (exact) mass is 505 g/mol. The largest absolute Gasteiger partial charge is 0.434 e. The van der Waals surface area contributed by atoms with Gasteiger partial charge in [-0.25, -0.2) is 4.98 Å². The summed E-state index contributed by atoms with van der Waals surface area (Å²) in [4.78, 5) is 10.2. The van der Waals surface area contributed by atoms with E-state index in [1.165, 1.54) is 25.9 Å². The number of aromatic nitrogens is 1. The van der Waals surface area contributed by atoms with Crippen LogP contribution in [-0.4, -0.2) is 49.1 Å². The summed E-state index contributed by atoms with van der Waals surface area (Å²) in [7, 11) is 1.65. The lowest BCUT2D eigenvalue weighted by molar-refractivity contribution is -0.140. The third kappa shape index (κ3) is 7.55. The second-order valence-corrected chi connectivity index (χ2v) is 7.09. The van der Waals surface area contributed by atoms with Crippen molar-refractivity contribution in [3.63, 3.8) is 0 Å². The number of nitrogens with zero attached hydrogens (tertiary/aromatic N) is 3. The van der Waals surface area contributed by atoms with Crippen LogP contribution < -0.4 is 10.6 Å². The van der Waals surface area contributed by atoms with E-state index in [0.717, 1.165) is 42.1 Å². The SMILES string of the molecule is CCN1CCC(CCNC(=NC)NCc2nc(C(F)(F)F)cs2)CC1.I. The van der Waals surface area contributed by atoms with Crippen LogP contribution in [0.1, 0.15) is 36.9 Å². The number of hydrogen-bond acceptors (Lipinski definition) is 4. The van der Waals surface area contributed by atoms with Gasteiger partial charge >= 0.3 is 6.18 Å². The molecule has 0 spiro atoms. The van der Waals surface area contributed by atoms with Crippen LogP contribution in [0.25, 0.3) is 0 Å². The van der Waals surface area contributed by atoms with Gasteiger partial charge in [-0.15, -0.1) is 35.3 Å². The van der Waals surface area contributed by atoms with E-state index in [1.807, 2.05) is 0 Å². The molecule has 10 heteroatoms. The Kier molecular flexibility index (Phi) is 10.2. The number of rotatable bonds is 6. The van der Waals surface area contributed by atoms with E-state index in [9.17, 15) is 13.2 Å². The van der Waals surface area contributed by atoms with Crippen molar-refractivity contribution in [1.82, 2.24) is 20.5 Å². The van der Waals surface area contributed by atoms with Crippen LogP contribution in [-0.2, 0) is 12.7 Å². The van der Waals surface area contributed by atoms with Crippen molar-refractivity contribution in [1.29, 1.82) is 0 Å². The lowest BCUT2D eigenvalue weighted by atomic mass is 9.93. The highest BCUT2D eigenvalue weighted by atomic mass is 127. The second kappa shape index (κ2) is 11.3. The van der Waals surface area contributed by atoms with E-state index in [2.05, 4.69) is 32.4 Å². The van der Waals surface area contributed by atoms with Crippen molar-refractivity contribution >= 4 is 41.3 Å². The molecule has 0 saturated carbocycles. The average Bonchev–Trinajstić information content (AvgIpc) is 3.08. The number of likely N-dealkylation sites (tertiary alicyclic amines) is 1. The molecule has 0 aromatic carbocycles. The maximum Gasteiger partial charge on any atom is 0.434 e. The fourth-order valence-electron chi connectivity index (χ4n) is 2.89. The quantitative estimate of drug-likeness (QED) is 0.353. The molecule has 1 aliphatic heterocycles. The van der Waals surface area contributed by atoms with Crippen LogP contribution in [0, 0.1) is 5.92 Å². The van der Waals surface area contributed by atoms with Gasteiger partial charge in [0.25, 0.3) is 0 Å². The van der Waals surface area contributed by atoms with Crippen LogP contribution in [0.2, 0.25) is 0 Å². The standard InChI is InChI=1S/C16H26F3N5S.HI/c1-3-24-8-5-12(6-9-24)4-7-21-15(20-2)22-10-14-23-13(11-25-14)16(17,18)19;/h11-12H,3-10H2,1-2H3,(H2,20,21,22);1H. The highest BCUT2D eigenvalue weighted by molar-refractivity contribution is 14.0. The molecule has 0 atom stereocenters. The molecule has 0 unspecified atom stereocenters. The second-order valence-electron chi connectivity index (χ2n) is 6.14. The molecular weight excluding hydrogens is 478 g/mol. The van der Waals surface area contributed by atoms with E-state index < -0.39 is 11.9 Å². The number of halogens is 4. The van der Waals surface area contributed by atoms with Crippen LogP contribution in [0.4, 0.5) is 13.2 Å². The van der Waals surface area contributed by atoms with Gasteiger partial charge in [0, 0.05) is 19.0 Å². The maximum absolute atomic E-state index is 12.5. The van der Waals surface area contributed by atoms with E-state index in [4.69, 9.17) is 0 Å². The summed E-state index contributed by atoms with van der Waals surface area (Å²) in [6, 6.07) is 0. The summed E-state index contributed by atoms with van der Waals surface area (Å²) in [5.74, 6) is 1.32. The van der Waals surface area contributed by atoms with Crippen molar-refractivity contribution in [2.24, 2.45) is 10.9 Å². The minimum absolute atomic E-state index is 0. The van der Waals surface area contributed by atoms with Crippen LogP contribution in [0.5, 0.6) is 0 Å². The molecule has 26 heavy (non-hydrogen) atoms. The third-order valence-corrected chi connectivity index (χ3v) is 5.32. The Morgan fingerprint density at radius 1 is 1.35 bits per heavy atom. The predicted octanol–water partition coefficient (Wildman–Crippen LogP) is 3.57. The molecule has 0 radical (unpaired) electrons. The molecule has 0 amide bonds. The van der Waals surface area contributed by atoms with E-state index in [-0.39, 0.29) is 30.5 Å². The van der Waals surface area contributed by atoms with Crippen LogP contribution >= 0.6 is 35.3 Å². The summed E-state index contributed by atoms with van der Waals surface area (Å²) in [5.41, 5.74) is -0.837. The number of hydrogen-bond donors (Lipinski definition) is 2. The fraction of sp³-hybridized carbons (Fsp3) is 0.750. The minimum atomic E-state index is -4.39. The number of aliphatic imine (C=N–C) groups is 1. The van der Waals surface area contributed by atoms with Gasteiger partial charge < -0.3 is 15.5 Å². The number of thiazole rings is 1. The molecule has 2 rings (SSSR count). The van der Waals surface area contributed by atoms with E-state index in [0.29, 0.717) is 11.0 Å². The topological polar surface area (TPSA) is 52.5 Å². The van der Waals surface area contributed by atoms with Crippen molar-refractivity contribution in [3.05, 3.63) is 16.1 Å². The Morgan fingerprint density at radius 3 is 2.58 bits per heavy atom. The molecule has 0 aliphatic carbocycles. The summed E-state index contributed by atoms with van der Waals surface area (Å²) in [5, 5.41) is 7.67. The van der Waals surface area contributed by atoms with Gasteiger partial charge in [-0.3, -0.25) is 4.99 Å². The molecule has 1 aromatic rings. The summed E-state index contributed by atoms with van der Waals surface area (Å²) in [6.45, 7) is 6.68. The first-order valence-corrected chi connectivity index (χ1v) is 9.48. The van der Waals surface area contributed by atoms with Crippen molar-refractivity contribution < 1.29 is 13.2 Å². The van der Waals surface area contributed by atoms with Gasteiger partial charge in [-0.1, -0.05) is 6.92 Å². The molecule has 1 aromatic heterocycles. The Hall–Kier alpha value is -0.620. The maximum atomic E-state index is 12.5. The van der Waals surface area contributed by atoms with Gasteiger partial charge in [-0.05, 0) is 44.8 Å². The third-order valence-electron chi connectivity index (χ3n) is 4.47. The minimum Gasteiger partial charge on any atom is -0.356 e. The summed E-state index contributed by atoms with van der Waals surface area (Å²) < 4.78 is 37.6. The van der Waals surface area contributed by atoms with Crippen molar-refractivity contribution in [2.45, 2.75) is 38.9 Å². The lowest BCUT2D eigenvalue weighted by Crippen LogP contribution is -2.39. The Labute approximate surface area is 173 Å². The lowest BCUT2D eigenvalue weighted by Gasteiger charge is -2.31. The van der Waals surface area contributed by atoms with Crippen LogP contribution in [0.15, 0.2) is 10.4 Å². The first kappa shape index (κ1) is 23.4. The molecule has 150 valence electrons. The van der Waals surface area contributed by atoms with Crippen LogP contribution in [0.3, 0.4) is 0 Å². The number of nitrogens with one attached hydrogen (secondary N) is 2. The predicted molar refractivity (Wildman–Crippen MR) is 110 cm³/mol. The normalized spacial score (nSPS) is 17.0. The fourth-order valence-corrected chi connectivity index (χ4v) is 3.63. The number of alkyl halides is 3. The molecule has 1 fully saturated rings. The summed E-state index contributed by atoms with van der Waals surface area (Å²) >= 11 is 0.997. The Bertz CT molecular complexity index is 556. The molecule has 1 saturated heterocycles.